The van der Waals surface area contributed by atoms with E-state index in [1.807, 2.05) is 18.2 Å². The van der Waals surface area contributed by atoms with E-state index in [9.17, 15) is 0 Å². The standard InChI is InChI=1S/C17H20Cl2N2/c1-2-5-12-6-3-7-13(10-12)17(21-20)11-14-15(18)8-4-9-16(14)19/h3-4,6-10,17,21H,2,5,11,20H2,1H3. The maximum absolute atomic E-state index is 6.25. The van der Waals surface area contributed by atoms with Crippen molar-refractivity contribution in [3.63, 3.8) is 0 Å². The molecular weight excluding hydrogens is 303 g/mol. The van der Waals surface area contributed by atoms with E-state index < -0.39 is 0 Å². The molecule has 1 unspecified atom stereocenters. The summed E-state index contributed by atoms with van der Waals surface area (Å²) in [5, 5.41) is 1.35. The molecule has 0 fully saturated rings. The molecule has 0 amide bonds. The van der Waals surface area contributed by atoms with Crippen molar-refractivity contribution in [2.24, 2.45) is 5.84 Å². The third-order valence-corrected chi connectivity index (χ3v) is 4.27. The van der Waals surface area contributed by atoms with Gasteiger partial charge in [-0.3, -0.25) is 11.3 Å². The molecule has 0 spiro atoms. The summed E-state index contributed by atoms with van der Waals surface area (Å²) in [4.78, 5) is 0. The fourth-order valence-corrected chi connectivity index (χ4v) is 3.01. The summed E-state index contributed by atoms with van der Waals surface area (Å²) in [7, 11) is 0. The van der Waals surface area contributed by atoms with Gasteiger partial charge in [0.05, 0.1) is 6.04 Å². The molecule has 3 N–H and O–H groups in total. The van der Waals surface area contributed by atoms with E-state index in [1.165, 1.54) is 5.56 Å². The highest BCUT2D eigenvalue weighted by Crippen LogP contribution is 2.29. The molecule has 21 heavy (non-hydrogen) atoms. The van der Waals surface area contributed by atoms with E-state index in [0.717, 1.165) is 24.0 Å². The molecule has 4 heteroatoms. The Bertz CT molecular complexity index is 579. The average molecular weight is 323 g/mol. The Balaban J connectivity index is 2.26. The van der Waals surface area contributed by atoms with Crippen molar-refractivity contribution in [3.05, 3.63) is 69.2 Å². The van der Waals surface area contributed by atoms with Gasteiger partial charge in [-0.2, -0.15) is 0 Å². The summed E-state index contributed by atoms with van der Waals surface area (Å²) in [5.41, 5.74) is 6.27. The smallest absolute Gasteiger partial charge is 0.0501 e. The molecule has 2 nitrogen and oxygen atoms in total. The molecule has 2 aromatic rings. The van der Waals surface area contributed by atoms with E-state index in [1.54, 1.807) is 0 Å². The zero-order chi connectivity index (χ0) is 15.2. The van der Waals surface area contributed by atoms with Gasteiger partial charge < -0.3 is 0 Å². The molecule has 2 rings (SSSR count). The molecule has 0 aliphatic rings. The van der Waals surface area contributed by atoms with Crippen LogP contribution in [0.4, 0.5) is 0 Å². The Hall–Kier alpha value is -1.06. The molecule has 0 saturated heterocycles. The lowest BCUT2D eigenvalue weighted by Gasteiger charge is -2.19. The second-order valence-electron chi connectivity index (χ2n) is 5.12. The summed E-state index contributed by atoms with van der Waals surface area (Å²) < 4.78 is 0. The zero-order valence-electron chi connectivity index (χ0n) is 12.1. The van der Waals surface area contributed by atoms with Crippen LogP contribution in [-0.4, -0.2) is 0 Å². The highest BCUT2D eigenvalue weighted by Gasteiger charge is 2.15. The second-order valence-corrected chi connectivity index (χ2v) is 5.93. The van der Waals surface area contributed by atoms with Gasteiger partial charge in [0, 0.05) is 10.0 Å². The van der Waals surface area contributed by atoms with Crippen LogP contribution in [0.25, 0.3) is 0 Å². The minimum atomic E-state index is -0.0146. The number of aryl methyl sites for hydroxylation is 1. The van der Waals surface area contributed by atoms with Crippen molar-refractivity contribution < 1.29 is 0 Å². The number of hydrogen-bond donors (Lipinski definition) is 2. The lowest BCUT2D eigenvalue weighted by Crippen LogP contribution is -2.29. The van der Waals surface area contributed by atoms with E-state index in [0.29, 0.717) is 16.5 Å². The fourth-order valence-electron chi connectivity index (χ4n) is 2.46. The van der Waals surface area contributed by atoms with Crippen LogP contribution in [0.5, 0.6) is 0 Å². The third-order valence-electron chi connectivity index (χ3n) is 3.56. The minimum Gasteiger partial charge on any atom is -0.271 e. The molecule has 112 valence electrons. The zero-order valence-corrected chi connectivity index (χ0v) is 13.6. The molecular formula is C17H20Cl2N2. The fraction of sp³-hybridized carbons (Fsp3) is 0.294. The Labute approximate surface area is 136 Å². The monoisotopic (exact) mass is 322 g/mol. The van der Waals surface area contributed by atoms with Crippen LogP contribution in [0.1, 0.15) is 36.1 Å². The molecule has 0 radical (unpaired) electrons. The number of halogens is 2. The molecule has 1 atom stereocenters. The quantitative estimate of drug-likeness (QED) is 0.598. The SMILES string of the molecule is CCCc1cccc(C(Cc2c(Cl)cccc2Cl)NN)c1. The van der Waals surface area contributed by atoms with Gasteiger partial charge in [-0.25, -0.2) is 0 Å². The van der Waals surface area contributed by atoms with Gasteiger partial charge in [-0.15, -0.1) is 0 Å². The first-order chi connectivity index (χ1) is 10.2. The number of nitrogens with two attached hydrogens (primary N) is 1. The summed E-state index contributed by atoms with van der Waals surface area (Å²) in [6.45, 7) is 2.18. The van der Waals surface area contributed by atoms with Gasteiger partial charge in [-0.05, 0) is 41.7 Å². The van der Waals surface area contributed by atoms with E-state index >= 15 is 0 Å². The van der Waals surface area contributed by atoms with Gasteiger partial charge in [0.2, 0.25) is 0 Å². The Morgan fingerprint density at radius 2 is 1.76 bits per heavy atom. The van der Waals surface area contributed by atoms with Crippen LogP contribution in [-0.2, 0) is 12.8 Å². The van der Waals surface area contributed by atoms with Crippen LogP contribution in [0.3, 0.4) is 0 Å². The molecule has 0 saturated carbocycles. The number of hydrazine groups is 1. The summed E-state index contributed by atoms with van der Waals surface area (Å²) in [5.74, 6) is 5.74. The number of rotatable bonds is 6. The summed E-state index contributed by atoms with van der Waals surface area (Å²) >= 11 is 12.5. The Kier molecular flexibility index (Phi) is 6.07. The highest BCUT2D eigenvalue weighted by atomic mass is 35.5. The summed E-state index contributed by atoms with van der Waals surface area (Å²) in [6.07, 6.45) is 2.85. The van der Waals surface area contributed by atoms with Gasteiger partial charge in [0.25, 0.3) is 0 Å². The van der Waals surface area contributed by atoms with E-state index in [-0.39, 0.29) is 6.04 Å². The van der Waals surface area contributed by atoms with Gasteiger partial charge in [0.1, 0.15) is 0 Å². The first-order valence-corrected chi connectivity index (χ1v) is 7.89. The van der Waals surface area contributed by atoms with Crippen molar-refractivity contribution in [1.29, 1.82) is 0 Å². The first-order valence-electron chi connectivity index (χ1n) is 7.13. The Morgan fingerprint density at radius 3 is 2.38 bits per heavy atom. The van der Waals surface area contributed by atoms with Crippen molar-refractivity contribution in [3.8, 4) is 0 Å². The van der Waals surface area contributed by atoms with E-state index in [4.69, 9.17) is 29.0 Å². The Morgan fingerprint density at radius 1 is 1.10 bits per heavy atom. The van der Waals surface area contributed by atoms with Crippen molar-refractivity contribution in [2.45, 2.75) is 32.2 Å². The predicted molar refractivity (Wildman–Crippen MR) is 90.7 cm³/mol. The summed E-state index contributed by atoms with van der Waals surface area (Å²) in [6, 6.07) is 14.0. The van der Waals surface area contributed by atoms with Gasteiger partial charge in [-0.1, -0.05) is 66.9 Å². The van der Waals surface area contributed by atoms with Crippen LogP contribution in [0.15, 0.2) is 42.5 Å². The number of nitrogens with one attached hydrogen (secondary N) is 1. The topological polar surface area (TPSA) is 38.0 Å². The van der Waals surface area contributed by atoms with E-state index in [2.05, 4.69) is 36.6 Å². The van der Waals surface area contributed by atoms with Crippen molar-refractivity contribution >= 4 is 23.2 Å². The molecule has 0 heterocycles. The predicted octanol–water partition coefficient (Wildman–Crippen LogP) is 4.69. The van der Waals surface area contributed by atoms with Crippen molar-refractivity contribution in [1.82, 2.24) is 5.43 Å². The molecule has 0 aliphatic heterocycles. The second kappa shape index (κ2) is 7.81. The minimum absolute atomic E-state index is 0.0146. The maximum atomic E-state index is 6.25. The molecule has 2 aromatic carbocycles. The molecule has 0 aliphatic carbocycles. The number of benzene rings is 2. The maximum Gasteiger partial charge on any atom is 0.0501 e. The normalized spacial score (nSPS) is 12.4. The van der Waals surface area contributed by atoms with Crippen LogP contribution in [0, 0.1) is 0 Å². The third kappa shape index (κ3) is 4.21. The van der Waals surface area contributed by atoms with Gasteiger partial charge >= 0.3 is 0 Å². The largest absolute Gasteiger partial charge is 0.271 e. The molecule has 0 bridgehead atoms. The lowest BCUT2D eigenvalue weighted by atomic mass is 9.97. The van der Waals surface area contributed by atoms with Crippen LogP contribution < -0.4 is 11.3 Å². The molecule has 0 aromatic heterocycles. The number of hydrogen-bond acceptors (Lipinski definition) is 2. The van der Waals surface area contributed by atoms with Crippen LogP contribution in [0.2, 0.25) is 10.0 Å². The average Bonchev–Trinajstić information content (AvgIpc) is 2.48. The lowest BCUT2D eigenvalue weighted by molar-refractivity contribution is 0.551. The first kappa shape index (κ1) is 16.3. The van der Waals surface area contributed by atoms with Crippen LogP contribution >= 0.6 is 23.2 Å². The van der Waals surface area contributed by atoms with Crippen molar-refractivity contribution in [2.75, 3.05) is 0 Å². The van der Waals surface area contributed by atoms with Gasteiger partial charge in [0.15, 0.2) is 0 Å². The highest BCUT2D eigenvalue weighted by molar-refractivity contribution is 6.36.